The summed E-state index contributed by atoms with van der Waals surface area (Å²) < 4.78 is 6.21. The third-order valence-electron chi connectivity index (χ3n) is 5.21. The first kappa shape index (κ1) is 16.0. The van der Waals surface area contributed by atoms with Crippen molar-refractivity contribution in [3.8, 4) is 5.75 Å². The number of aldehydes is 1. The lowest BCUT2D eigenvalue weighted by Gasteiger charge is -2.37. The lowest BCUT2D eigenvalue weighted by molar-refractivity contribution is 0.0883. The number of benzene rings is 2. The zero-order chi connectivity index (χ0) is 16.4. The monoisotopic (exact) mass is 310 g/mol. The molecule has 122 valence electrons. The van der Waals surface area contributed by atoms with E-state index in [0.717, 1.165) is 47.1 Å². The van der Waals surface area contributed by atoms with Gasteiger partial charge in [-0.25, -0.2) is 0 Å². The maximum atomic E-state index is 11.1. The summed E-state index contributed by atoms with van der Waals surface area (Å²) in [6.45, 7) is 7.02. The SMILES string of the molecule is CC(C)(C)[C@H]1CC[C@H](Oc2ccc3c(C=O)cccc3c2)CC1. The molecule has 2 aromatic carbocycles. The zero-order valence-electron chi connectivity index (χ0n) is 14.3. The van der Waals surface area contributed by atoms with Crippen molar-refractivity contribution in [2.24, 2.45) is 11.3 Å². The smallest absolute Gasteiger partial charge is 0.150 e. The molecule has 0 unspecified atom stereocenters. The molecule has 0 saturated heterocycles. The molecule has 2 heteroatoms. The van der Waals surface area contributed by atoms with Crippen molar-refractivity contribution in [2.45, 2.75) is 52.6 Å². The van der Waals surface area contributed by atoms with Gasteiger partial charge >= 0.3 is 0 Å². The van der Waals surface area contributed by atoms with Crippen molar-refractivity contribution in [3.63, 3.8) is 0 Å². The van der Waals surface area contributed by atoms with Gasteiger partial charge < -0.3 is 4.74 Å². The van der Waals surface area contributed by atoms with Gasteiger partial charge in [-0.3, -0.25) is 4.79 Å². The van der Waals surface area contributed by atoms with Gasteiger partial charge in [0.25, 0.3) is 0 Å². The molecule has 0 aliphatic heterocycles. The third-order valence-corrected chi connectivity index (χ3v) is 5.21. The minimum absolute atomic E-state index is 0.320. The number of carbonyl (C=O) groups excluding carboxylic acids is 1. The molecule has 1 fully saturated rings. The van der Waals surface area contributed by atoms with Crippen LogP contribution in [-0.4, -0.2) is 12.4 Å². The van der Waals surface area contributed by atoms with E-state index in [1.807, 2.05) is 30.3 Å². The first-order chi connectivity index (χ1) is 11.0. The van der Waals surface area contributed by atoms with Crippen molar-refractivity contribution >= 4 is 17.1 Å². The topological polar surface area (TPSA) is 26.3 Å². The molecule has 0 heterocycles. The van der Waals surface area contributed by atoms with Crippen LogP contribution < -0.4 is 4.74 Å². The molecular formula is C21H26O2. The lowest BCUT2D eigenvalue weighted by atomic mass is 9.72. The van der Waals surface area contributed by atoms with Gasteiger partial charge in [-0.2, -0.15) is 0 Å². The van der Waals surface area contributed by atoms with E-state index < -0.39 is 0 Å². The average Bonchev–Trinajstić information content (AvgIpc) is 2.53. The number of rotatable bonds is 3. The van der Waals surface area contributed by atoms with E-state index >= 15 is 0 Å². The van der Waals surface area contributed by atoms with Crippen LogP contribution in [0.15, 0.2) is 36.4 Å². The molecule has 1 aliphatic rings. The molecule has 1 saturated carbocycles. The minimum atomic E-state index is 0.320. The number of hydrogen-bond acceptors (Lipinski definition) is 2. The maximum absolute atomic E-state index is 11.1. The highest BCUT2D eigenvalue weighted by molar-refractivity contribution is 5.98. The van der Waals surface area contributed by atoms with E-state index in [0.29, 0.717) is 11.5 Å². The third kappa shape index (κ3) is 3.57. The van der Waals surface area contributed by atoms with Crippen LogP contribution in [0.2, 0.25) is 0 Å². The molecule has 0 radical (unpaired) electrons. The summed E-state index contributed by atoms with van der Waals surface area (Å²) in [5.41, 5.74) is 1.14. The predicted octanol–water partition coefficient (Wildman–Crippen LogP) is 5.64. The Hall–Kier alpha value is -1.83. The Bertz CT molecular complexity index is 689. The van der Waals surface area contributed by atoms with Gasteiger partial charge in [0, 0.05) is 5.56 Å². The van der Waals surface area contributed by atoms with Gasteiger partial charge in [-0.05, 0) is 66.0 Å². The fraction of sp³-hybridized carbons (Fsp3) is 0.476. The quantitative estimate of drug-likeness (QED) is 0.686. The van der Waals surface area contributed by atoms with Crippen LogP contribution in [0, 0.1) is 11.3 Å². The van der Waals surface area contributed by atoms with Crippen LogP contribution in [0.4, 0.5) is 0 Å². The predicted molar refractivity (Wildman–Crippen MR) is 95.2 cm³/mol. The summed E-state index contributed by atoms with van der Waals surface area (Å²) in [7, 11) is 0. The first-order valence-electron chi connectivity index (χ1n) is 8.62. The molecule has 2 nitrogen and oxygen atoms in total. The summed E-state index contributed by atoms with van der Waals surface area (Å²) >= 11 is 0. The molecule has 0 amide bonds. The number of hydrogen-bond donors (Lipinski definition) is 0. The Balaban J connectivity index is 1.70. The highest BCUT2D eigenvalue weighted by Gasteiger charge is 2.30. The van der Waals surface area contributed by atoms with E-state index in [-0.39, 0.29) is 0 Å². The largest absolute Gasteiger partial charge is 0.490 e. The summed E-state index contributed by atoms with van der Waals surface area (Å²) in [5.74, 6) is 1.72. The van der Waals surface area contributed by atoms with Crippen molar-refractivity contribution in [1.82, 2.24) is 0 Å². The number of fused-ring (bicyclic) bond motifs is 1. The minimum Gasteiger partial charge on any atom is -0.490 e. The van der Waals surface area contributed by atoms with E-state index in [9.17, 15) is 4.79 Å². The van der Waals surface area contributed by atoms with Crippen LogP contribution in [0.1, 0.15) is 56.8 Å². The van der Waals surface area contributed by atoms with Crippen LogP contribution in [0.3, 0.4) is 0 Å². The summed E-state index contributed by atoms with van der Waals surface area (Å²) in [4.78, 5) is 11.1. The Kier molecular flexibility index (Phi) is 4.43. The molecular weight excluding hydrogens is 284 g/mol. The Labute approximate surface area is 138 Å². The van der Waals surface area contributed by atoms with Gasteiger partial charge in [0.1, 0.15) is 5.75 Å². The second kappa shape index (κ2) is 6.35. The maximum Gasteiger partial charge on any atom is 0.150 e. The Morgan fingerprint density at radius 1 is 1.04 bits per heavy atom. The first-order valence-corrected chi connectivity index (χ1v) is 8.62. The molecule has 0 aromatic heterocycles. The molecule has 2 aromatic rings. The lowest BCUT2D eigenvalue weighted by Crippen LogP contribution is -2.30. The van der Waals surface area contributed by atoms with E-state index in [2.05, 4.69) is 26.8 Å². The fourth-order valence-electron chi connectivity index (χ4n) is 3.70. The van der Waals surface area contributed by atoms with E-state index in [1.54, 1.807) is 0 Å². The van der Waals surface area contributed by atoms with E-state index in [1.165, 1.54) is 12.8 Å². The van der Waals surface area contributed by atoms with Gasteiger partial charge in [-0.15, -0.1) is 0 Å². The van der Waals surface area contributed by atoms with Crippen LogP contribution in [0.5, 0.6) is 5.75 Å². The molecule has 0 N–H and O–H groups in total. The molecule has 3 rings (SSSR count). The van der Waals surface area contributed by atoms with E-state index in [4.69, 9.17) is 4.74 Å². The molecule has 0 atom stereocenters. The second-order valence-corrected chi connectivity index (χ2v) is 7.81. The fourth-order valence-corrected chi connectivity index (χ4v) is 3.70. The summed E-state index contributed by atoms with van der Waals surface area (Å²) in [6.07, 6.45) is 5.99. The molecule has 0 bridgehead atoms. The van der Waals surface area contributed by atoms with Crippen LogP contribution in [-0.2, 0) is 0 Å². The zero-order valence-corrected chi connectivity index (χ0v) is 14.3. The van der Waals surface area contributed by atoms with Crippen molar-refractivity contribution in [2.75, 3.05) is 0 Å². The van der Waals surface area contributed by atoms with Crippen LogP contribution >= 0.6 is 0 Å². The van der Waals surface area contributed by atoms with Crippen LogP contribution in [0.25, 0.3) is 10.8 Å². The van der Waals surface area contributed by atoms with Gasteiger partial charge in [0.05, 0.1) is 6.10 Å². The van der Waals surface area contributed by atoms with Crippen molar-refractivity contribution < 1.29 is 9.53 Å². The Morgan fingerprint density at radius 2 is 1.78 bits per heavy atom. The molecule has 0 spiro atoms. The molecule has 1 aliphatic carbocycles. The van der Waals surface area contributed by atoms with Gasteiger partial charge in [-0.1, -0.05) is 39.0 Å². The normalized spacial score (nSPS) is 22.0. The highest BCUT2D eigenvalue weighted by atomic mass is 16.5. The number of ether oxygens (including phenoxy) is 1. The van der Waals surface area contributed by atoms with Gasteiger partial charge in [0.15, 0.2) is 6.29 Å². The van der Waals surface area contributed by atoms with Gasteiger partial charge in [0.2, 0.25) is 0 Å². The van der Waals surface area contributed by atoms with Crippen molar-refractivity contribution in [3.05, 3.63) is 42.0 Å². The standard InChI is InChI=1S/C21H26O2/c1-21(2,3)17-7-9-18(10-8-17)23-19-11-12-20-15(13-19)5-4-6-16(20)14-22/h4-6,11-14,17-18H,7-10H2,1-3H3/t17-,18-. The summed E-state index contributed by atoms with van der Waals surface area (Å²) in [6, 6.07) is 11.8. The highest BCUT2D eigenvalue weighted by Crippen LogP contribution is 2.39. The second-order valence-electron chi connectivity index (χ2n) is 7.81. The van der Waals surface area contributed by atoms with Crippen molar-refractivity contribution in [1.29, 1.82) is 0 Å². The Morgan fingerprint density at radius 3 is 2.43 bits per heavy atom. The average molecular weight is 310 g/mol. The molecule has 23 heavy (non-hydrogen) atoms. The number of carbonyl (C=O) groups is 1. The summed E-state index contributed by atoms with van der Waals surface area (Å²) in [5, 5.41) is 2.06.